The van der Waals surface area contributed by atoms with Crippen molar-refractivity contribution in [2.24, 2.45) is 5.92 Å². The predicted octanol–water partition coefficient (Wildman–Crippen LogP) is 1.56. The van der Waals surface area contributed by atoms with Crippen LogP contribution in [0.2, 0.25) is 0 Å². The zero-order chi connectivity index (χ0) is 8.97. The fraction of sp³-hybridized carbons (Fsp3) is 0.889. The van der Waals surface area contributed by atoms with E-state index in [1.165, 1.54) is 12.8 Å². The number of nitrogens with zero attached hydrogens (tertiary/aromatic N) is 1. The maximum Gasteiger partial charge on any atom is 0.223 e. The first-order chi connectivity index (χ1) is 5.77. The van der Waals surface area contributed by atoms with Crippen molar-refractivity contribution < 1.29 is 4.79 Å². The average Bonchev–Trinajstić information content (AvgIpc) is 2.52. The van der Waals surface area contributed by atoms with E-state index in [0.717, 1.165) is 19.0 Å². The third kappa shape index (κ3) is 2.41. The van der Waals surface area contributed by atoms with Gasteiger partial charge in [-0.2, -0.15) is 12.6 Å². The fourth-order valence-electron chi connectivity index (χ4n) is 1.65. The van der Waals surface area contributed by atoms with Crippen LogP contribution in [0.25, 0.3) is 0 Å². The summed E-state index contributed by atoms with van der Waals surface area (Å²) >= 11 is 4.05. The smallest absolute Gasteiger partial charge is 0.223 e. The van der Waals surface area contributed by atoms with Crippen LogP contribution < -0.4 is 0 Å². The Morgan fingerprint density at radius 2 is 2.42 bits per heavy atom. The van der Waals surface area contributed by atoms with Gasteiger partial charge in [0.15, 0.2) is 0 Å². The molecule has 2 nitrogen and oxygen atoms in total. The molecule has 0 saturated carbocycles. The Bertz CT molecular complexity index is 161. The van der Waals surface area contributed by atoms with Crippen LogP contribution in [0.1, 0.15) is 26.2 Å². The van der Waals surface area contributed by atoms with Gasteiger partial charge in [0.1, 0.15) is 0 Å². The lowest BCUT2D eigenvalue weighted by atomic mass is 10.1. The van der Waals surface area contributed by atoms with Crippen molar-refractivity contribution in [2.75, 3.05) is 18.8 Å². The van der Waals surface area contributed by atoms with Gasteiger partial charge < -0.3 is 4.90 Å². The molecular weight excluding hydrogens is 170 g/mol. The molecule has 0 radical (unpaired) electrons. The van der Waals surface area contributed by atoms with E-state index in [1.54, 1.807) is 0 Å². The molecule has 0 aromatic rings. The van der Waals surface area contributed by atoms with E-state index in [9.17, 15) is 4.79 Å². The van der Waals surface area contributed by atoms with E-state index in [1.807, 2.05) is 4.90 Å². The number of rotatable bonds is 3. The third-order valence-electron chi connectivity index (χ3n) is 2.54. The van der Waals surface area contributed by atoms with E-state index < -0.39 is 0 Å². The van der Waals surface area contributed by atoms with Crippen LogP contribution in [-0.2, 0) is 4.79 Å². The topological polar surface area (TPSA) is 20.3 Å². The second kappa shape index (κ2) is 4.75. The minimum Gasteiger partial charge on any atom is -0.342 e. The summed E-state index contributed by atoms with van der Waals surface area (Å²) in [6, 6.07) is 0. The van der Waals surface area contributed by atoms with Crippen LogP contribution in [-0.4, -0.2) is 29.6 Å². The summed E-state index contributed by atoms with van der Waals surface area (Å²) in [5.41, 5.74) is 0. The Balaban J connectivity index is 2.31. The van der Waals surface area contributed by atoms with Crippen LogP contribution in [0, 0.1) is 5.92 Å². The monoisotopic (exact) mass is 187 g/mol. The third-order valence-corrected chi connectivity index (χ3v) is 2.77. The SMILES string of the molecule is CCC1CCN(C(=O)CCS)C1. The number of hydrogen-bond acceptors (Lipinski definition) is 2. The highest BCUT2D eigenvalue weighted by Gasteiger charge is 2.23. The van der Waals surface area contributed by atoms with Crippen LogP contribution in [0.5, 0.6) is 0 Å². The molecule has 1 saturated heterocycles. The maximum absolute atomic E-state index is 11.4. The van der Waals surface area contributed by atoms with Crippen molar-refractivity contribution in [2.45, 2.75) is 26.2 Å². The van der Waals surface area contributed by atoms with E-state index in [4.69, 9.17) is 0 Å². The van der Waals surface area contributed by atoms with Crippen molar-refractivity contribution in [3.05, 3.63) is 0 Å². The molecular formula is C9H17NOS. The lowest BCUT2D eigenvalue weighted by Crippen LogP contribution is -2.28. The molecule has 0 N–H and O–H groups in total. The van der Waals surface area contributed by atoms with E-state index in [0.29, 0.717) is 12.2 Å². The highest BCUT2D eigenvalue weighted by atomic mass is 32.1. The highest BCUT2D eigenvalue weighted by Crippen LogP contribution is 2.19. The number of amides is 1. The molecule has 3 heteroatoms. The van der Waals surface area contributed by atoms with Gasteiger partial charge in [-0.05, 0) is 18.1 Å². The van der Waals surface area contributed by atoms with Crippen LogP contribution in [0.15, 0.2) is 0 Å². The van der Waals surface area contributed by atoms with Gasteiger partial charge in [0, 0.05) is 19.5 Å². The van der Waals surface area contributed by atoms with Crippen LogP contribution in [0.4, 0.5) is 0 Å². The van der Waals surface area contributed by atoms with Gasteiger partial charge in [-0.3, -0.25) is 4.79 Å². The zero-order valence-corrected chi connectivity index (χ0v) is 8.52. The number of hydrogen-bond donors (Lipinski definition) is 1. The molecule has 12 heavy (non-hydrogen) atoms. The van der Waals surface area contributed by atoms with Crippen molar-refractivity contribution >= 4 is 18.5 Å². The summed E-state index contributed by atoms with van der Waals surface area (Å²) in [6.07, 6.45) is 2.99. The average molecular weight is 187 g/mol. The summed E-state index contributed by atoms with van der Waals surface area (Å²) in [7, 11) is 0. The van der Waals surface area contributed by atoms with E-state index in [2.05, 4.69) is 19.6 Å². The zero-order valence-electron chi connectivity index (χ0n) is 7.62. The number of likely N-dealkylation sites (tertiary alicyclic amines) is 1. The summed E-state index contributed by atoms with van der Waals surface area (Å²) < 4.78 is 0. The minimum absolute atomic E-state index is 0.279. The molecule has 1 fully saturated rings. The lowest BCUT2D eigenvalue weighted by Gasteiger charge is -2.15. The molecule has 1 unspecified atom stereocenters. The van der Waals surface area contributed by atoms with Crippen LogP contribution in [0.3, 0.4) is 0 Å². The molecule has 0 bridgehead atoms. The molecule has 1 rings (SSSR count). The van der Waals surface area contributed by atoms with Gasteiger partial charge in [-0.15, -0.1) is 0 Å². The summed E-state index contributed by atoms with van der Waals surface area (Å²) in [6.45, 7) is 4.13. The van der Waals surface area contributed by atoms with Crippen LogP contribution >= 0.6 is 12.6 Å². The first-order valence-electron chi connectivity index (χ1n) is 4.66. The number of carbonyl (C=O) groups is 1. The Morgan fingerprint density at radius 1 is 1.67 bits per heavy atom. The Labute approximate surface area is 79.7 Å². The van der Waals surface area contributed by atoms with E-state index >= 15 is 0 Å². The molecule has 1 amide bonds. The molecule has 1 atom stereocenters. The van der Waals surface area contributed by atoms with Gasteiger partial charge in [-0.1, -0.05) is 13.3 Å². The molecule has 0 aromatic heterocycles. The number of thiol groups is 1. The Kier molecular flexibility index (Phi) is 3.92. The minimum atomic E-state index is 0.279. The molecule has 0 aromatic carbocycles. The van der Waals surface area contributed by atoms with Gasteiger partial charge >= 0.3 is 0 Å². The molecule has 0 spiro atoms. The normalized spacial score (nSPS) is 23.2. The van der Waals surface area contributed by atoms with Crippen molar-refractivity contribution in [1.29, 1.82) is 0 Å². The lowest BCUT2D eigenvalue weighted by molar-refractivity contribution is -0.129. The first kappa shape index (κ1) is 9.90. The molecule has 1 aliphatic rings. The molecule has 1 heterocycles. The first-order valence-corrected chi connectivity index (χ1v) is 5.29. The number of carbonyl (C=O) groups excluding carboxylic acids is 1. The Hall–Kier alpha value is -0.180. The summed E-state index contributed by atoms with van der Waals surface area (Å²) in [5, 5.41) is 0. The summed E-state index contributed by atoms with van der Waals surface area (Å²) in [4.78, 5) is 13.4. The van der Waals surface area contributed by atoms with Gasteiger partial charge in [0.05, 0.1) is 0 Å². The quantitative estimate of drug-likeness (QED) is 0.665. The molecule has 70 valence electrons. The predicted molar refractivity (Wildman–Crippen MR) is 53.4 cm³/mol. The summed E-state index contributed by atoms with van der Waals surface area (Å²) in [5.74, 6) is 1.70. The second-order valence-corrected chi connectivity index (χ2v) is 3.82. The Morgan fingerprint density at radius 3 is 2.92 bits per heavy atom. The fourth-order valence-corrected chi connectivity index (χ4v) is 1.84. The van der Waals surface area contributed by atoms with Gasteiger partial charge in [0.2, 0.25) is 5.91 Å². The maximum atomic E-state index is 11.4. The largest absolute Gasteiger partial charge is 0.342 e. The highest BCUT2D eigenvalue weighted by molar-refractivity contribution is 7.80. The van der Waals surface area contributed by atoms with Crippen molar-refractivity contribution in [3.8, 4) is 0 Å². The molecule has 1 aliphatic heterocycles. The van der Waals surface area contributed by atoms with E-state index in [-0.39, 0.29) is 5.91 Å². The van der Waals surface area contributed by atoms with Gasteiger partial charge in [-0.25, -0.2) is 0 Å². The van der Waals surface area contributed by atoms with Crippen molar-refractivity contribution in [1.82, 2.24) is 4.90 Å². The van der Waals surface area contributed by atoms with Crippen molar-refractivity contribution in [3.63, 3.8) is 0 Å². The molecule has 0 aliphatic carbocycles. The standard InChI is InChI=1S/C9H17NOS/c1-2-8-3-5-10(7-8)9(11)4-6-12/h8,12H,2-7H2,1H3. The second-order valence-electron chi connectivity index (χ2n) is 3.38. The van der Waals surface area contributed by atoms with Gasteiger partial charge in [0.25, 0.3) is 0 Å².